The van der Waals surface area contributed by atoms with Crippen LogP contribution in [0.25, 0.3) is 0 Å². The van der Waals surface area contributed by atoms with Gasteiger partial charge in [-0.15, -0.1) is 5.73 Å². The fraction of sp³-hybridized carbons (Fsp3) is 0.381. The second-order valence-corrected chi connectivity index (χ2v) is 7.73. The van der Waals surface area contributed by atoms with E-state index in [0.29, 0.717) is 33.5 Å². The molecule has 6 heteroatoms. The molecule has 1 aromatic carbocycles. The minimum atomic E-state index is -0.746. The predicted molar refractivity (Wildman–Crippen MR) is 112 cm³/mol. The fourth-order valence-electron chi connectivity index (χ4n) is 2.63. The Morgan fingerprint density at radius 1 is 1.30 bits per heavy atom. The average Bonchev–Trinajstić information content (AvgIpc) is 3.17. The molecule has 0 saturated carbocycles. The van der Waals surface area contributed by atoms with Crippen molar-refractivity contribution in [3.8, 4) is 11.5 Å². The van der Waals surface area contributed by atoms with Crippen LogP contribution in [0.1, 0.15) is 50.2 Å². The monoisotopic (exact) mass is 484 g/mol. The third-order valence-corrected chi connectivity index (χ3v) is 5.09. The van der Waals surface area contributed by atoms with E-state index >= 15 is 0 Å². The van der Waals surface area contributed by atoms with Crippen LogP contribution in [0.15, 0.2) is 52.3 Å². The summed E-state index contributed by atoms with van der Waals surface area (Å²) in [5.74, 6) is 1.14. The summed E-state index contributed by atoms with van der Waals surface area (Å²) in [4.78, 5) is 0. The van der Waals surface area contributed by atoms with Crippen LogP contribution in [0.3, 0.4) is 0 Å². The van der Waals surface area contributed by atoms with E-state index < -0.39 is 12.2 Å². The number of methoxy groups -OCH3 is 1. The van der Waals surface area contributed by atoms with E-state index in [1.165, 1.54) is 13.4 Å². The van der Waals surface area contributed by atoms with E-state index in [2.05, 4.69) is 5.73 Å². The molecule has 5 nitrogen and oxygen atoms in total. The molecule has 0 aliphatic carbocycles. The van der Waals surface area contributed by atoms with Crippen LogP contribution in [-0.2, 0) is 0 Å². The van der Waals surface area contributed by atoms with Crippen molar-refractivity contribution in [1.29, 1.82) is 0 Å². The van der Waals surface area contributed by atoms with Crippen molar-refractivity contribution < 1.29 is 24.5 Å². The summed E-state index contributed by atoms with van der Waals surface area (Å²) >= 11 is 2.00. The molecule has 146 valence electrons. The fourth-order valence-corrected chi connectivity index (χ4v) is 3.26. The van der Waals surface area contributed by atoms with Crippen LogP contribution in [-0.4, -0.2) is 22.4 Å². The molecule has 0 fully saturated rings. The summed E-state index contributed by atoms with van der Waals surface area (Å²) in [6.45, 7) is 4.07. The van der Waals surface area contributed by atoms with Gasteiger partial charge in [0.05, 0.1) is 23.0 Å². The number of furan rings is 1. The van der Waals surface area contributed by atoms with Crippen molar-refractivity contribution in [2.45, 2.75) is 38.9 Å². The predicted octanol–water partition coefficient (Wildman–Crippen LogP) is 4.88. The molecule has 0 radical (unpaired) electrons. The van der Waals surface area contributed by atoms with Crippen molar-refractivity contribution in [1.82, 2.24) is 0 Å². The molecule has 27 heavy (non-hydrogen) atoms. The van der Waals surface area contributed by atoms with Gasteiger partial charge in [0.2, 0.25) is 0 Å². The number of rotatable bonds is 8. The highest BCUT2D eigenvalue weighted by atomic mass is 127. The number of benzene rings is 1. The van der Waals surface area contributed by atoms with Crippen molar-refractivity contribution in [2.75, 3.05) is 7.11 Å². The summed E-state index contributed by atoms with van der Waals surface area (Å²) in [5, 5.41) is 30.6. The van der Waals surface area contributed by atoms with Gasteiger partial charge in [0.1, 0.15) is 11.9 Å². The Kier molecular flexibility index (Phi) is 7.98. The van der Waals surface area contributed by atoms with Gasteiger partial charge in [0.15, 0.2) is 11.5 Å². The van der Waals surface area contributed by atoms with Gasteiger partial charge in [-0.2, -0.15) is 0 Å². The lowest BCUT2D eigenvalue weighted by molar-refractivity contribution is 0.147. The van der Waals surface area contributed by atoms with Crippen molar-refractivity contribution >= 4 is 22.6 Å². The lowest BCUT2D eigenvalue weighted by atomic mass is 9.96. The minimum absolute atomic E-state index is 0.0681. The van der Waals surface area contributed by atoms with Gasteiger partial charge in [0, 0.05) is 12.8 Å². The number of hydrogen-bond donors (Lipinski definition) is 3. The Morgan fingerprint density at radius 3 is 2.63 bits per heavy atom. The number of halogens is 1. The van der Waals surface area contributed by atoms with Gasteiger partial charge >= 0.3 is 0 Å². The summed E-state index contributed by atoms with van der Waals surface area (Å²) in [6.07, 6.45) is 2.63. The largest absolute Gasteiger partial charge is 0.504 e. The number of hydrogen-bond acceptors (Lipinski definition) is 5. The Morgan fingerprint density at radius 2 is 2.04 bits per heavy atom. The molecule has 0 amide bonds. The molecule has 0 spiro atoms. The van der Waals surface area contributed by atoms with E-state index in [1.807, 2.05) is 36.4 Å². The highest BCUT2D eigenvalue weighted by Gasteiger charge is 2.16. The number of aliphatic hydroxyl groups is 2. The lowest BCUT2D eigenvalue weighted by Crippen LogP contribution is -2.02. The van der Waals surface area contributed by atoms with Crippen LogP contribution >= 0.6 is 22.6 Å². The normalized spacial score (nSPS) is 13.1. The maximum absolute atomic E-state index is 10.5. The smallest absolute Gasteiger partial charge is 0.171 e. The quantitative estimate of drug-likeness (QED) is 0.368. The summed E-state index contributed by atoms with van der Waals surface area (Å²) in [5.41, 5.74) is 4.82. The third kappa shape index (κ3) is 5.87. The van der Waals surface area contributed by atoms with Gasteiger partial charge in [-0.05, 0) is 70.0 Å². The Bertz CT molecular complexity index is 804. The van der Waals surface area contributed by atoms with Crippen LogP contribution < -0.4 is 4.74 Å². The number of aromatic hydroxyl groups is 1. The Hall–Kier alpha value is -1.73. The van der Waals surface area contributed by atoms with Gasteiger partial charge in [0.25, 0.3) is 0 Å². The summed E-state index contributed by atoms with van der Waals surface area (Å²) < 4.78 is 11.0. The molecule has 0 saturated heterocycles. The van der Waals surface area contributed by atoms with Crippen LogP contribution in [0.5, 0.6) is 11.5 Å². The van der Waals surface area contributed by atoms with Gasteiger partial charge in [-0.3, -0.25) is 0 Å². The molecule has 0 unspecified atom stereocenters. The standard InChI is InChI=1S/C21H25IO5/c1-13(2)14(11-18(24)19-8-5-9-27-19)6-4-7-17(23)15-10-16(22)21(25)20(12-15)26-3/h4-5,8-10,12-13,17-18,23-25H,7,11H2,1-3H3/t6?,17-,18-/m1/s1. The number of ether oxygens (including phenoxy) is 1. The van der Waals surface area contributed by atoms with Gasteiger partial charge in [-0.25, -0.2) is 0 Å². The SMILES string of the molecule is COc1cc([C@H](O)CC=C=C(C[C@@H](O)c2ccco2)C(C)C)cc(I)c1O. The number of phenolic OH excluding ortho intramolecular Hbond substituents is 1. The van der Waals surface area contributed by atoms with Crippen LogP contribution in [0, 0.1) is 9.49 Å². The first-order chi connectivity index (χ1) is 12.8. The summed E-state index contributed by atoms with van der Waals surface area (Å²) in [7, 11) is 1.48. The van der Waals surface area contributed by atoms with Crippen LogP contribution in [0.2, 0.25) is 0 Å². The molecular weight excluding hydrogens is 459 g/mol. The molecule has 0 bridgehead atoms. The first-order valence-electron chi connectivity index (χ1n) is 8.73. The molecule has 3 N–H and O–H groups in total. The highest BCUT2D eigenvalue weighted by Crippen LogP contribution is 2.35. The first kappa shape index (κ1) is 21.6. The molecule has 1 heterocycles. The molecule has 2 aromatic rings. The zero-order valence-corrected chi connectivity index (χ0v) is 17.8. The Balaban J connectivity index is 2.13. The van der Waals surface area contributed by atoms with E-state index in [9.17, 15) is 15.3 Å². The van der Waals surface area contributed by atoms with Crippen molar-refractivity contribution in [3.63, 3.8) is 0 Å². The highest BCUT2D eigenvalue weighted by molar-refractivity contribution is 14.1. The van der Waals surface area contributed by atoms with E-state index in [4.69, 9.17) is 9.15 Å². The molecule has 2 atom stereocenters. The zero-order chi connectivity index (χ0) is 20.0. The molecular formula is C21H25IO5. The molecule has 0 aliphatic heterocycles. The van der Waals surface area contributed by atoms with E-state index in [1.54, 1.807) is 30.3 Å². The zero-order valence-electron chi connectivity index (χ0n) is 15.6. The summed E-state index contributed by atoms with van der Waals surface area (Å²) in [6, 6.07) is 6.85. The van der Waals surface area contributed by atoms with Crippen LogP contribution in [0.4, 0.5) is 0 Å². The average molecular weight is 484 g/mol. The van der Waals surface area contributed by atoms with Gasteiger partial charge < -0.3 is 24.5 Å². The molecule has 0 aliphatic rings. The second kappa shape index (κ2) is 9.99. The molecule has 1 aromatic heterocycles. The van der Waals surface area contributed by atoms with Crippen molar-refractivity contribution in [2.24, 2.45) is 5.92 Å². The topological polar surface area (TPSA) is 83.1 Å². The third-order valence-electron chi connectivity index (χ3n) is 4.27. The number of aliphatic hydroxyl groups excluding tert-OH is 2. The van der Waals surface area contributed by atoms with E-state index in [0.717, 1.165) is 5.57 Å². The minimum Gasteiger partial charge on any atom is -0.504 e. The molecule has 2 rings (SSSR count). The second-order valence-electron chi connectivity index (χ2n) is 6.57. The number of phenols is 1. The van der Waals surface area contributed by atoms with E-state index in [-0.39, 0.29) is 11.7 Å². The van der Waals surface area contributed by atoms with Gasteiger partial charge in [-0.1, -0.05) is 13.8 Å². The Labute approximate surface area is 173 Å². The maximum atomic E-state index is 10.5. The lowest BCUT2D eigenvalue weighted by Gasteiger charge is -2.14. The first-order valence-corrected chi connectivity index (χ1v) is 9.81. The van der Waals surface area contributed by atoms with Crippen molar-refractivity contribution in [3.05, 3.63) is 62.8 Å². The maximum Gasteiger partial charge on any atom is 0.171 e.